The van der Waals surface area contributed by atoms with Gasteiger partial charge in [0.15, 0.2) is 0 Å². The first-order valence-corrected chi connectivity index (χ1v) is 11.7. The van der Waals surface area contributed by atoms with Crippen LogP contribution in [0.4, 0.5) is 4.39 Å². The quantitative estimate of drug-likeness (QED) is 0.586. The summed E-state index contributed by atoms with van der Waals surface area (Å²) in [5, 5.41) is 3.00. The molecule has 1 atom stereocenters. The Balaban J connectivity index is 2.16. The summed E-state index contributed by atoms with van der Waals surface area (Å²) in [7, 11) is 0. The van der Waals surface area contributed by atoms with Gasteiger partial charge >= 0.3 is 0 Å². The van der Waals surface area contributed by atoms with E-state index in [9.17, 15) is 14.0 Å². The molecule has 0 aliphatic carbocycles. The number of aryl methyl sites for hydroxylation is 1. The molecular weight excluding hydrogens is 411 g/mol. The second-order valence-electron chi connectivity index (χ2n) is 8.75. The fourth-order valence-corrected chi connectivity index (χ4v) is 4.11. The summed E-state index contributed by atoms with van der Waals surface area (Å²) in [5.41, 5.74) is 2.30. The topological polar surface area (TPSA) is 49.4 Å². The molecule has 2 aromatic rings. The molecule has 0 spiro atoms. The number of halogens is 1. The molecule has 2 amide bonds. The summed E-state index contributed by atoms with van der Waals surface area (Å²) >= 11 is 1.36. The summed E-state index contributed by atoms with van der Waals surface area (Å²) in [6, 6.07) is 14.0. The largest absolute Gasteiger partial charge is 0.350 e. The third-order valence-corrected chi connectivity index (χ3v) is 5.76. The molecule has 4 nitrogen and oxygen atoms in total. The number of thioether (sulfide) groups is 1. The standard InChI is InChI=1S/C25H33FN2O2S/c1-6-22(24(30)27-25(3,4)5)28(15-19-13-11-18(2)12-14-19)23(29)17-31-16-20-9-7-8-10-21(20)26/h7-14,22H,6,15-17H2,1-5H3,(H,27,30)/t22-/m1/s1. The predicted molar refractivity (Wildman–Crippen MR) is 126 cm³/mol. The Kier molecular flexibility index (Phi) is 9.11. The third-order valence-electron chi connectivity index (χ3n) is 4.80. The van der Waals surface area contributed by atoms with E-state index >= 15 is 0 Å². The van der Waals surface area contributed by atoms with Gasteiger partial charge < -0.3 is 10.2 Å². The minimum absolute atomic E-state index is 0.127. The van der Waals surface area contributed by atoms with Crippen molar-refractivity contribution in [2.24, 2.45) is 0 Å². The number of carbonyl (C=O) groups is 2. The predicted octanol–water partition coefficient (Wildman–Crippen LogP) is 5.09. The Bertz CT molecular complexity index is 878. The molecule has 0 aliphatic heterocycles. The van der Waals surface area contributed by atoms with Crippen LogP contribution < -0.4 is 5.32 Å². The van der Waals surface area contributed by atoms with Gasteiger partial charge in [-0.25, -0.2) is 4.39 Å². The van der Waals surface area contributed by atoms with Crippen LogP contribution in [0.3, 0.4) is 0 Å². The highest BCUT2D eigenvalue weighted by Gasteiger charge is 2.30. The summed E-state index contributed by atoms with van der Waals surface area (Å²) in [6.07, 6.45) is 0.511. The first-order valence-electron chi connectivity index (χ1n) is 10.6. The van der Waals surface area contributed by atoms with Crippen molar-refractivity contribution in [3.63, 3.8) is 0 Å². The minimum Gasteiger partial charge on any atom is -0.350 e. The minimum atomic E-state index is -0.568. The normalized spacial score (nSPS) is 12.3. The maximum Gasteiger partial charge on any atom is 0.243 e. The van der Waals surface area contributed by atoms with E-state index in [1.807, 2.05) is 58.9 Å². The van der Waals surface area contributed by atoms with Gasteiger partial charge in [0.2, 0.25) is 11.8 Å². The number of amides is 2. The van der Waals surface area contributed by atoms with E-state index in [4.69, 9.17) is 0 Å². The van der Waals surface area contributed by atoms with Gasteiger partial charge in [0.05, 0.1) is 5.75 Å². The number of hydrogen-bond acceptors (Lipinski definition) is 3. The molecule has 0 fully saturated rings. The van der Waals surface area contributed by atoms with Gasteiger partial charge in [0.1, 0.15) is 11.9 Å². The molecule has 2 rings (SSSR count). The van der Waals surface area contributed by atoms with E-state index < -0.39 is 6.04 Å². The Morgan fingerprint density at radius 3 is 2.32 bits per heavy atom. The van der Waals surface area contributed by atoms with Gasteiger partial charge in [-0.15, -0.1) is 11.8 Å². The van der Waals surface area contributed by atoms with Gasteiger partial charge in [-0.3, -0.25) is 9.59 Å². The second-order valence-corrected chi connectivity index (χ2v) is 9.74. The summed E-state index contributed by atoms with van der Waals surface area (Å²) in [6.45, 7) is 10.1. The van der Waals surface area contributed by atoms with Crippen molar-refractivity contribution in [2.45, 2.75) is 64.9 Å². The van der Waals surface area contributed by atoms with Crippen molar-refractivity contribution >= 4 is 23.6 Å². The maximum atomic E-state index is 13.9. The molecule has 168 valence electrons. The molecule has 31 heavy (non-hydrogen) atoms. The van der Waals surface area contributed by atoms with Gasteiger partial charge in [-0.1, -0.05) is 55.0 Å². The maximum absolute atomic E-state index is 13.9. The van der Waals surface area contributed by atoms with Crippen LogP contribution >= 0.6 is 11.8 Å². The van der Waals surface area contributed by atoms with Gasteiger partial charge in [-0.2, -0.15) is 0 Å². The van der Waals surface area contributed by atoms with Crippen molar-refractivity contribution in [2.75, 3.05) is 5.75 Å². The fraction of sp³-hybridized carbons (Fsp3) is 0.440. The molecule has 0 heterocycles. The van der Waals surface area contributed by atoms with E-state index in [2.05, 4.69) is 5.32 Å². The van der Waals surface area contributed by atoms with E-state index in [0.29, 0.717) is 24.3 Å². The smallest absolute Gasteiger partial charge is 0.243 e. The van der Waals surface area contributed by atoms with E-state index in [-0.39, 0.29) is 28.9 Å². The lowest BCUT2D eigenvalue weighted by molar-refractivity contribution is -0.140. The summed E-state index contributed by atoms with van der Waals surface area (Å²) in [5.74, 6) is 0.0312. The van der Waals surface area contributed by atoms with Crippen LogP contribution in [0.2, 0.25) is 0 Å². The van der Waals surface area contributed by atoms with Crippen molar-refractivity contribution in [1.82, 2.24) is 10.2 Å². The van der Waals surface area contributed by atoms with Crippen LogP contribution in [0.15, 0.2) is 48.5 Å². The first kappa shape index (κ1) is 24.9. The zero-order chi connectivity index (χ0) is 23.0. The van der Waals surface area contributed by atoms with Gasteiger partial charge in [0.25, 0.3) is 0 Å². The lowest BCUT2D eigenvalue weighted by Gasteiger charge is -2.33. The molecule has 0 unspecified atom stereocenters. The van der Waals surface area contributed by atoms with E-state index in [1.165, 1.54) is 17.8 Å². The Labute approximate surface area is 189 Å². The van der Waals surface area contributed by atoms with Crippen molar-refractivity contribution < 1.29 is 14.0 Å². The average molecular weight is 445 g/mol. The Morgan fingerprint density at radius 2 is 1.74 bits per heavy atom. The lowest BCUT2D eigenvalue weighted by Crippen LogP contribution is -2.53. The lowest BCUT2D eigenvalue weighted by atomic mass is 10.1. The number of benzene rings is 2. The first-order chi connectivity index (χ1) is 14.6. The monoisotopic (exact) mass is 444 g/mol. The summed E-state index contributed by atoms with van der Waals surface area (Å²) in [4.78, 5) is 27.8. The molecule has 0 aliphatic rings. The molecule has 0 radical (unpaired) electrons. The van der Waals surface area contributed by atoms with Crippen molar-refractivity contribution in [3.8, 4) is 0 Å². The van der Waals surface area contributed by atoms with Crippen LogP contribution in [0, 0.1) is 12.7 Å². The van der Waals surface area contributed by atoms with Crippen LogP contribution in [0.5, 0.6) is 0 Å². The highest BCUT2D eigenvalue weighted by Crippen LogP contribution is 2.19. The second kappa shape index (κ2) is 11.3. The number of carbonyl (C=O) groups excluding carboxylic acids is 2. The molecule has 0 aromatic heterocycles. The molecule has 0 bridgehead atoms. The molecule has 6 heteroatoms. The Hall–Kier alpha value is -2.34. The molecular formula is C25H33FN2O2S. The van der Waals surface area contributed by atoms with Crippen molar-refractivity contribution in [3.05, 3.63) is 71.0 Å². The molecule has 0 saturated carbocycles. The Morgan fingerprint density at radius 1 is 1.10 bits per heavy atom. The third kappa shape index (κ3) is 8.02. The highest BCUT2D eigenvalue weighted by molar-refractivity contribution is 7.99. The molecule has 0 saturated heterocycles. The summed E-state index contributed by atoms with van der Waals surface area (Å²) < 4.78 is 13.9. The number of nitrogens with zero attached hydrogens (tertiary/aromatic N) is 1. The van der Waals surface area contributed by atoms with Gasteiger partial charge in [-0.05, 0) is 51.3 Å². The van der Waals surface area contributed by atoms with E-state index in [0.717, 1.165) is 11.1 Å². The van der Waals surface area contributed by atoms with E-state index in [1.54, 1.807) is 23.1 Å². The zero-order valence-corrected chi connectivity index (χ0v) is 19.9. The number of rotatable bonds is 9. The molecule has 1 N–H and O–H groups in total. The SMILES string of the molecule is CC[C@H](C(=O)NC(C)(C)C)N(Cc1ccc(C)cc1)C(=O)CSCc1ccccc1F. The molecule has 2 aromatic carbocycles. The highest BCUT2D eigenvalue weighted by atomic mass is 32.2. The van der Waals surface area contributed by atoms with Crippen molar-refractivity contribution in [1.29, 1.82) is 0 Å². The van der Waals surface area contributed by atoms with Crippen LogP contribution in [0.1, 0.15) is 50.8 Å². The number of hydrogen-bond donors (Lipinski definition) is 1. The van der Waals surface area contributed by atoms with Gasteiger partial charge in [0, 0.05) is 17.8 Å². The fourth-order valence-electron chi connectivity index (χ4n) is 3.21. The average Bonchev–Trinajstić information content (AvgIpc) is 2.69. The van der Waals surface area contributed by atoms with Crippen LogP contribution in [-0.2, 0) is 21.9 Å². The van der Waals surface area contributed by atoms with Crippen LogP contribution in [0.25, 0.3) is 0 Å². The number of nitrogens with one attached hydrogen (secondary N) is 1. The van der Waals surface area contributed by atoms with Crippen LogP contribution in [-0.4, -0.2) is 34.0 Å². The zero-order valence-electron chi connectivity index (χ0n) is 19.1.